The summed E-state index contributed by atoms with van der Waals surface area (Å²) in [6.45, 7) is 4.42. The van der Waals surface area contributed by atoms with Gasteiger partial charge in [0.05, 0.1) is 5.52 Å². The van der Waals surface area contributed by atoms with Crippen LogP contribution in [0.3, 0.4) is 0 Å². The van der Waals surface area contributed by atoms with E-state index in [0.717, 1.165) is 5.52 Å². The van der Waals surface area contributed by atoms with E-state index in [1.165, 1.54) is 10.9 Å². The summed E-state index contributed by atoms with van der Waals surface area (Å²) in [7, 11) is 0. The van der Waals surface area contributed by atoms with Crippen LogP contribution in [0.1, 0.15) is 40.2 Å². The zero-order valence-electron chi connectivity index (χ0n) is 8.57. The average molecular weight is 214 g/mol. The second kappa shape index (κ2) is 7.05. The highest BCUT2D eigenvalue weighted by atomic mass is 14.6. The molecule has 0 atom stereocenters. The van der Waals surface area contributed by atoms with Crippen LogP contribution < -0.4 is 0 Å². The Morgan fingerprint density at radius 2 is 1.69 bits per heavy atom. The summed E-state index contributed by atoms with van der Waals surface area (Å²) in [5.74, 6) is 0.563. The van der Waals surface area contributed by atoms with Gasteiger partial charge in [0.15, 0.2) is 0 Å². The minimum absolute atomic E-state index is 0. The van der Waals surface area contributed by atoms with Crippen molar-refractivity contribution in [3.63, 3.8) is 0 Å². The van der Waals surface area contributed by atoms with Gasteiger partial charge in [-0.1, -0.05) is 46.9 Å². The Balaban J connectivity index is 0. The Bertz CT molecular complexity index is 419. The molecular weight excluding hydrogens is 193 g/mol. The molecule has 0 spiro atoms. The van der Waals surface area contributed by atoms with Gasteiger partial charge in [0.1, 0.15) is 0 Å². The predicted octanol–water partition coefficient (Wildman–Crippen LogP) is 4.25. The van der Waals surface area contributed by atoms with Crippen molar-refractivity contribution in [3.8, 4) is 0 Å². The van der Waals surface area contributed by atoms with Gasteiger partial charge in [-0.3, -0.25) is 4.98 Å². The number of fused-ring (bicyclic) bond motifs is 1. The van der Waals surface area contributed by atoms with Crippen molar-refractivity contribution in [2.45, 2.75) is 34.6 Å². The standard InChI is InChI=1S/C12H13N.2CH4.B/c1-9(2)10-5-3-7-12-11(10)6-4-8-13-12;;;/h3-9H,1-2H3;2*1H4;. The van der Waals surface area contributed by atoms with Gasteiger partial charge in [0.2, 0.25) is 0 Å². The molecule has 16 heavy (non-hydrogen) atoms. The van der Waals surface area contributed by atoms with E-state index in [0.29, 0.717) is 5.92 Å². The number of aromatic nitrogens is 1. The number of pyridine rings is 1. The average Bonchev–Trinajstić information content (AvgIpc) is 2.17. The highest BCUT2D eigenvalue weighted by molar-refractivity contribution is 5.82. The van der Waals surface area contributed by atoms with Crippen LogP contribution >= 0.6 is 0 Å². The highest BCUT2D eigenvalue weighted by Crippen LogP contribution is 2.23. The van der Waals surface area contributed by atoms with Gasteiger partial charge in [-0.15, -0.1) is 0 Å². The predicted molar refractivity (Wildman–Crippen MR) is 75.0 cm³/mol. The van der Waals surface area contributed by atoms with E-state index in [4.69, 9.17) is 0 Å². The SMILES string of the molecule is C.C.CC(C)c1cccc2ncccc12.[B]. The molecule has 0 amide bonds. The Morgan fingerprint density at radius 1 is 1.00 bits per heavy atom. The lowest BCUT2D eigenvalue weighted by Crippen LogP contribution is -1.89. The molecule has 2 heteroatoms. The maximum atomic E-state index is 4.32. The minimum atomic E-state index is 0. The summed E-state index contributed by atoms with van der Waals surface area (Å²) in [5, 5.41) is 1.28. The van der Waals surface area contributed by atoms with Gasteiger partial charge in [0.25, 0.3) is 0 Å². The van der Waals surface area contributed by atoms with Gasteiger partial charge in [-0.25, -0.2) is 0 Å². The van der Waals surface area contributed by atoms with Crippen LogP contribution in [-0.2, 0) is 0 Å². The largest absolute Gasteiger partial charge is 0.256 e. The van der Waals surface area contributed by atoms with Crippen LogP contribution in [0.2, 0.25) is 0 Å². The summed E-state index contributed by atoms with van der Waals surface area (Å²) >= 11 is 0. The van der Waals surface area contributed by atoms with Crippen LogP contribution in [0, 0.1) is 0 Å². The normalized spacial score (nSPS) is 8.94. The Morgan fingerprint density at radius 3 is 2.31 bits per heavy atom. The number of benzene rings is 1. The molecule has 0 N–H and O–H groups in total. The first-order valence-corrected chi connectivity index (χ1v) is 4.62. The molecule has 85 valence electrons. The number of hydrogen-bond acceptors (Lipinski definition) is 1. The molecule has 1 aromatic carbocycles. The van der Waals surface area contributed by atoms with Gasteiger partial charge < -0.3 is 0 Å². The van der Waals surface area contributed by atoms with Gasteiger partial charge in [-0.05, 0) is 23.6 Å². The molecule has 1 aromatic heterocycles. The maximum absolute atomic E-state index is 4.32. The fourth-order valence-electron chi connectivity index (χ4n) is 1.63. The molecule has 2 aromatic rings. The molecule has 3 radical (unpaired) electrons. The summed E-state index contributed by atoms with van der Waals surface area (Å²) in [6.07, 6.45) is 1.84. The van der Waals surface area contributed by atoms with Crippen molar-refractivity contribution in [1.82, 2.24) is 4.98 Å². The highest BCUT2D eigenvalue weighted by Gasteiger charge is 2.03. The maximum Gasteiger partial charge on any atom is 0.0704 e. The number of rotatable bonds is 1. The van der Waals surface area contributed by atoms with E-state index in [1.54, 1.807) is 0 Å². The fourth-order valence-corrected chi connectivity index (χ4v) is 1.63. The molecule has 0 aliphatic heterocycles. The third kappa shape index (κ3) is 3.09. The lowest BCUT2D eigenvalue weighted by molar-refractivity contribution is 0.876. The van der Waals surface area contributed by atoms with Gasteiger partial charge >= 0.3 is 0 Å². The van der Waals surface area contributed by atoms with Crippen LogP contribution in [0.25, 0.3) is 10.9 Å². The fraction of sp³-hybridized carbons (Fsp3) is 0.357. The summed E-state index contributed by atoms with van der Waals surface area (Å²) in [6, 6.07) is 10.4. The molecule has 0 aliphatic rings. The first kappa shape index (κ1) is 17.1. The second-order valence-electron chi connectivity index (χ2n) is 3.57. The number of nitrogens with zero attached hydrogens (tertiary/aromatic N) is 1. The lowest BCUT2D eigenvalue weighted by atomic mass is 9.98. The third-order valence-corrected chi connectivity index (χ3v) is 2.30. The Labute approximate surface area is 101 Å². The molecule has 0 unspecified atom stereocenters. The summed E-state index contributed by atoms with van der Waals surface area (Å²) < 4.78 is 0. The Hall–Kier alpha value is -1.31. The van der Waals surface area contributed by atoms with Crippen molar-refractivity contribution in [2.75, 3.05) is 0 Å². The smallest absolute Gasteiger partial charge is 0.0704 e. The second-order valence-corrected chi connectivity index (χ2v) is 3.57. The van der Waals surface area contributed by atoms with E-state index in [1.807, 2.05) is 12.3 Å². The summed E-state index contributed by atoms with van der Waals surface area (Å²) in [4.78, 5) is 4.32. The zero-order chi connectivity index (χ0) is 9.26. The Kier molecular flexibility index (Phi) is 7.53. The van der Waals surface area contributed by atoms with Crippen LogP contribution in [0.4, 0.5) is 0 Å². The molecule has 0 fully saturated rings. The van der Waals surface area contributed by atoms with Crippen molar-refractivity contribution in [3.05, 3.63) is 42.1 Å². The first-order valence-electron chi connectivity index (χ1n) is 4.62. The van der Waals surface area contributed by atoms with Crippen molar-refractivity contribution < 1.29 is 0 Å². The molecule has 0 bridgehead atoms. The molecule has 1 heterocycles. The lowest BCUT2D eigenvalue weighted by Gasteiger charge is -2.08. The van der Waals surface area contributed by atoms with Crippen molar-refractivity contribution in [2.24, 2.45) is 0 Å². The van der Waals surface area contributed by atoms with E-state index >= 15 is 0 Å². The van der Waals surface area contributed by atoms with Gasteiger partial charge in [-0.2, -0.15) is 0 Å². The van der Waals surface area contributed by atoms with E-state index < -0.39 is 0 Å². The third-order valence-electron chi connectivity index (χ3n) is 2.30. The molecule has 1 nitrogen and oxygen atoms in total. The minimum Gasteiger partial charge on any atom is -0.256 e. The first-order chi connectivity index (χ1) is 6.29. The zero-order valence-corrected chi connectivity index (χ0v) is 8.57. The van der Waals surface area contributed by atoms with E-state index in [-0.39, 0.29) is 23.3 Å². The van der Waals surface area contributed by atoms with E-state index in [2.05, 4.69) is 43.1 Å². The molecular formula is C14H21BN. The van der Waals surface area contributed by atoms with Crippen LogP contribution in [0.5, 0.6) is 0 Å². The number of hydrogen-bond donors (Lipinski definition) is 0. The van der Waals surface area contributed by atoms with Crippen molar-refractivity contribution in [1.29, 1.82) is 0 Å². The summed E-state index contributed by atoms with van der Waals surface area (Å²) in [5.41, 5.74) is 2.47. The van der Waals surface area contributed by atoms with Crippen molar-refractivity contribution >= 4 is 19.3 Å². The van der Waals surface area contributed by atoms with Crippen LogP contribution in [0.15, 0.2) is 36.5 Å². The molecule has 0 saturated carbocycles. The van der Waals surface area contributed by atoms with Gasteiger partial charge in [0, 0.05) is 20.0 Å². The monoisotopic (exact) mass is 214 g/mol. The quantitative estimate of drug-likeness (QED) is 0.646. The molecule has 2 rings (SSSR count). The van der Waals surface area contributed by atoms with E-state index in [9.17, 15) is 0 Å². The van der Waals surface area contributed by atoms with Crippen LogP contribution in [-0.4, -0.2) is 13.4 Å². The molecule has 0 saturated heterocycles. The molecule has 0 aliphatic carbocycles. The topological polar surface area (TPSA) is 12.9 Å².